The highest BCUT2D eigenvalue weighted by Gasteiger charge is 2.24. The normalized spacial score (nSPS) is 17.1. The van der Waals surface area contributed by atoms with Gasteiger partial charge in [0.1, 0.15) is 5.75 Å². The lowest BCUT2D eigenvalue weighted by Crippen LogP contribution is -2.18. The molecular formula is C16H16FNO. The zero-order chi connectivity index (χ0) is 13.2. The number of ether oxygens (including phenoxy) is 1. The molecule has 3 heteroatoms. The minimum atomic E-state index is -0.294. The van der Waals surface area contributed by atoms with E-state index in [0.29, 0.717) is 11.7 Å². The molecule has 2 aromatic rings. The third kappa shape index (κ3) is 2.22. The van der Waals surface area contributed by atoms with Crippen LogP contribution < -0.4 is 10.1 Å². The molecule has 1 aliphatic rings. The Hall–Kier alpha value is -1.87. The van der Waals surface area contributed by atoms with Crippen LogP contribution in [0.3, 0.4) is 0 Å². The molecular weight excluding hydrogens is 241 g/mol. The molecule has 0 fully saturated rings. The van der Waals surface area contributed by atoms with Gasteiger partial charge in [-0.1, -0.05) is 30.3 Å². The molecule has 0 unspecified atom stereocenters. The van der Waals surface area contributed by atoms with Crippen LogP contribution in [-0.4, -0.2) is 13.6 Å². The van der Waals surface area contributed by atoms with Gasteiger partial charge in [-0.15, -0.1) is 0 Å². The zero-order valence-corrected chi connectivity index (χ0v) is 10.8. The van der Waals surface area contributed by atoms with Crippen molar-refractivity contribution in [3.8, 4) is 11.5 Å². The quantitative estimate of drug-likeness (QED) is 0.889. The van der Waals surface area contributed by atoms with E-state index in [4.69, 9.17) is 4.74 Å². The molecule has 0 spiro atoms. The summed E-state index contributed by atoms with van der Waals surface area (Å²) in [4.78, 5) is 0. The van der Waals surface area contributed by atoms with Crippen LogP contribution in [0.5, 0.6) is 11.5 Å². The van der Waals surface area contributed by atoms with E-state index in [0.717, 1.165) is 29.8 Å². The third-order valence-corrected chi connectivity index (χ3v) is 3.54. The van der Waals surface area contributed by atoms with Crippen LogP contribution >= 0.6 is 0 Å². The average Bonchev–Trinajstić information content (AvgIpc) is 2.58. The van der Waals surface area contributed by atoms with E-state index in [2.05, 4.69) is 11.4 Å². The monoisotopic (exact) mass is 257 g/mol. The lowest BCUT2D eigenvalue weighted by Gasteiger charge is -2.15. The molecule has 2 aromatic carbocycles. The minimum Gasteiger partial charge on any atom is -0.454 e. The number of hydrogen-bond acceptors (Lipinski definition) is 2. The van der Waals surface area contributed by atoms with Gasteiger partial charge in [0, 0.05) is 12.5 Å². The van der Waals surface area contributed by atoms with Crippen molar-refractivity contribution in [1.82, 2.24) is 5.32 Å². The van der Waals surface area contributed by atoms with Gasteiger partial charge in [-0.2, -0.15) is 0 Å². The molecule has 0 aromatic heterocycles. The number of fused-ring (bicyclic) bond motifs is 2. The van der Waals surface area contributed by atoms with E-state index >= 15 is 0 Å². The molecule has 0 amide bonds. The summed E-state index contributed by atoms with van der Waals surface area (Å²) in [5.41, 5.74) is 2.06. The molecule has 0 bridgehead atoms. The second-order valence-corrected chi connectivity index (χ2v) is 4.83. The van der Waals surface area contributed by atoms with E-state index in [1.54, 1.807) is 6.07 Å². The molecule has 1 aliphatic heterocycles. The SMILES string of the molecule is CNC[C@H]1Cc2cccc(F)c2Oc2ccccc21. The summed E-state index contributed by atoms with van der Waals surface area (Å²) in [6.07, 6.45) is 0.783. The Kier molecular flexibility index (Phi) is 3.22. The van der Waals surface area contributed by atoms with Crippen molar-refractivity contribution >= 4 is 0 Å². The van der Waals surface area contributed by atoms with Crippen molar-refractivity contribution in [1.29, 1.82) is 0 Å². The van der Waals surface area contributed by atoms with E-state index in [9.17, 15) is 4.39 Å². The lowest BCUT2D eigenvalue weighted by molar-refractivity contribution is 0.438. The predicted octanol–water partition coefficient (Wildman–Crippen LogP) is 3.48. The summed E-state index contributed by atoms with van der Waals surface area (Å²) in [7, 11) is 1.93. The number of likely N-dealkylation sites (N-methyl/N-ethyl adjacent to an activating group) is 1. The molecule has 0 radical (unpaired) electrons. The predicted molar refractivity (Wildman–Crippen MR) is 73.3 cm³/mol. The fourth-order valence-corrected chi connectivity index (χ4v) is 2.65. The van der Waals surface area contributed by atoms with Crippen LogP contribution in [0.2, 0.25) is 0 Å². The van der Waals surface area contributed by atoms with Gasteiger partial charge < -0.3 is 10.1 Å². The van der Waals surface area contributed by atoms with Crippen molar-refractivity contribution in [2.24, 2.45) is 0 Å². The Morgan fingerprint density at radius 2 is 2.05 bits per heavy atom. The molecule has 2 nitrogen and oxygen atoms in total. The number of hydrogen-bond donors (Lipinski definition) is 1. The topological polar surface area (TPSA) is 21.3 Å². The first-order valence-electron chi connectivity index (χ1n) is 6.48. The van der Waals surface area contributed by atoms with Crippen molar-refractivity contribution < 1.29 is 9.13 Å². The summed E-state index contributed by atoms with van der Waals surface area (Å²) in [6, 6.07) is 13.0. The van der Waals surface area contributed by atoms with Crippen LogP contribution in [0.1, 0.15) is 17.0 Å². The van der Waals surface area contributed by atoms with Crippen molar-refractivity contribution in [3.05, 3.63) is 59.4 Å². The standard InChI is InChI=1S/C16H16FNO/c1-18-10-12-9-11-5-4-7-14(17)16(11)19-15-8-3-2-6-13(12)15/h2-8,12,18H,9-10H2,1H3/t12-/m1/s1. The maximum atomic E-state index is 13.9. The van der Waals surface area contributed by atoms with E-state index in [1.807, 2.05) is 31.3 Å². The van der Waals surface area contributed by atoms with Gasteiger partial charge in [-0.25, -0.2) is 4.39 Å². The Bertz CT molecular complexity index is 597. The molecule has 1 N–H and O–H groups in total. The highest BCUT2D eigenvalue weighted by molar-refractivity contribution is 5.47. The molecule has 0 saturated carbocycles. The van der Waals surface area contributed by atoms with E-state index in [-0.39, 0.29) is 5.82 Å². The summed E-state index contributed by atoms with van der Waals surface area (Å²) < 4.78 is 19.7. The second kappa shape index (κ2) is 5.02. The van der Waals surface area contributed by atoms with Crippen molar-refractivity contribution in [2.75, 3.05) is 13.6 Å². The van der Waals surface area contributed by atoms with Gasteiger partial charge in [0.25, 0.3) is 0 Å². The van der Waals surface area contributed by atoms with E-state index < -0.39 is 0 Å². The molecule has 0 aliphatic carbocycles. The smallest absolute Gasteiger partial charge is 0.166 e. The van der Waals surface area contributed by atoms with Crippen LogP contribution in [-0.2, 0) is 6.42 Å². The maximum Gasteiger partial charge on any atom is 0.166 e. The zero-order valence-electron chi connectivity index (χ0n) is 10.8. The fourth-order valence-electron chi connectivity index (χ4n) is 2.65. The Morgan fingerprint density at radius 3 is 2.89 bits per heavy atom. The van der Waals surface area contributed by atoms with Gasteiger partial charge in [-0.05, 0) is 36.7 Å². The Balaban J connectivity index is 2.12. The molecule has 1 atom stereocenters. The van der Waals surface area contributed by atoms with Gasteiger partial charge in [0.05, 0.1) is 0 Å². The van der Waals surface area contributed by atoms with Gasteiger partial charge in [-0.3, -0.25) is 0 Å². The minimum absolute atomic E-state index is 0.294. The molecule has 0 saturated heterocycles. The average molecular weight is 257 g/mol. The maximum absolute atomic E-state index is 13.9. The van der Waals surface area contributed by atoms with Gasteiger partial charge >= 0.3 is 0 Å². The third-order valence-electron chi connectivity index (χ3n) is 3.54. The summed E-state index contributed by atoms with van der Waals surface area (Å²) in [6.45, 7) is 0.844. The molecule has 3 rings (SSSR count). The van der Waals surface area contributed by atoms with Crippen LogP contribution in [0, 0.1) is 5.82 Å². The first kappa shape index (κ1) is 12.2. The van der Waals surface area contributed by atoms with Crippen LogP contribution in [0.4, 0.5) is 4.39 Å². The molecule has 98 valence electrons. The highest BCUT2D eigenvalue weighted by Crippen LogP contribution is 2.40. The number of halogens is 1. The Morgan fingerprint density at radius 1 is 1.21 bits per heavy atom. The van der Waals surface area contributed by atoms with Crippen LogP contribution in [0.25, 0.3) is 0 Å². The number of rotatable bonds is 2. The lowest BCUT2D eigenvalue weighted by atomic mass is 9.92. The summed E-state index contributed by atoms with van der Waals surface area (Å²) in [5, 5.41) is 3.20. The number of benzene rings is 2. The van der Waals surface area contributed by atoms with Crippen LogP contribution in [0.15, 0.2) is 42.5 Å². The van der Waals surface area contributed by atoms with Crippen molar-refractivity contribution in [2.45, 2.75) is 12.3 Å². The largest absolute Gasteiger partial charge is 0.454 e. The van der Waals surface area contributed by atoms with Gasteiger partial charge in [0.2, 0.25) is 0 Å². The number of para-hydroxylation sites is 2. The second-order valence-electron chi connectivity index (χ2n) is 4.83. The first-order chi connectivity index (χ1) is 9.29. The summed E-state index contributed by atoms with van der Waals surface area (Å²) in [5.74, 6) is 1.13. The summed E-state index contributed by atoms with van der Waals surface area (Å²) >= 11 is 0. The Labute approximate surface area is 112 Å². The first-order valence-corrected chi connectivity index (χ1v) is 6.48. The van der Waals surface area contributed by atoms with E-state index in [1.165, 1.54) is 6.07 Å². The highest BCUT2D eigenvalue weighted by atomic mass is 19.1. The molecule has 19 heavy (non-hydrogen) atoms. The fraction of sp³-hybridized carbons (Fsp3) is 0.250. The number of nitrogens with one attached hydrogen (secondary N) is 1. The molecule has 1 heterocycles. The van der Waals surface area contributed by atoms with Gasteiger partial charge in [0.15, 0.2) is 11.6 Å². The van der Waals surface area contributed by atoms with Crippen molar-refractivity contribution in [3.63, 3.8) is 0 Å².